The number of hydrogen-bond acceptors (Lipinski definition) is 1. The first-order valence-corrected chi connectivity index (χ1v) is 5.94. The van der Waals surface area contributed by atoms with E-state index in [0.29, 0.717) is 0 Å². The van der Waals surface area contributed by atoms with E-state index in [2.05, 4.69) is 12.3 Å². The molecule has 0 aromatic heterocycles. The highest BCUT2D eigenvalue weighted by Gasteiger charge is 2.33. The highest BCUT2D eigenvalue weighted by atomic mass is 16.3. The van der Waals surface area contributed by atoms with Crippen molar-refractivity contribution >= 4 is 5.57 Å². The number of benzene rings is 1. The molecule has 1 fully saturated rings. The largest absolute Gasteiger partial charge is 0.385 e. The van der Waals surface area contributed by atoms with Crippen molar-refractivity contribution in [3.05, 3.63) is 48.2 Å². The molecule has 0 radical (unpaired) electrons. The summed E-state index contributed by atoms with van der Waals surface area (Å²) in [7, 11) is 0. The Hall–Kier alpha value is -1.30. The van der Waals surface area contributed by atoms with Gasteiger partial charge in [0, 0.05) is 5.57 Å². The molecule has 0 heterocycles. The summed E-state index contributed by atoms with van der Waals surface area (Å²) in [5.41, 5.74) is 4.15. The smallest absolute Gasteiger partial charge is 0.0973 e. The first-order chi connectivity index (χ1) is 7.76. The van der Waals surface area contributed by atoms with Gasteiger partial charge in [-0.15, -0.1) is 5.73 Å². The van der Waals surface area contributed by atoms with Crippen LogP contribution >= 0.6 is 0 Å². The molecule has 0 amide bonds. The predicted molar refractivity (Wildman–Crippen MR) is 67.0 cm³/mol. The van der Waals surface area contributed by atoms with Crippen molar-refractivity contribution in [3.8, 4) is 0 Å². The molecular formula is C15H18O. The van der Waals surface area contributed by atoms with E-state index in [1.165, 1.54) is 6.42 Å². The summed E-state index contributed by atoms with van der Waals surface area (Å²) < 4.78 is 0. The lowest BCUT2D eigenvalue weighted by molar-refractivity contribution is 0.0615. The van der Waals surface area contributed by atoms with Crippen molar-refractivity contribution < 1.29 is 5.11 Å². The molecule has 1 aliphatic rings. The lowest BCUT2D eigenvalue weighted by Crippen LogP contribution is -2.32. The van der Waals surface area contributed by atoms with Crippen LogP contribution in [0.15, 0.2) is 42.6 Å². The number of aliphatic hydroxyl groups is 1. The minimum atomic E-state index is -0.707. The van der Waals surface area contributed by atoms with E-state index in [9.17, 15) is 5.11 Å². The van der Waals surface area contributed by atoms with Gasteiger partial charge < -0.3 is 5.11 Å². The van der Waals surface area contributed by atoms with Gasteiger partial charge in [0.15, 0.2) is 0 Å². The lowest BCUT2D eigenvalue weighted by atomic mass is 9.77. The Morgan fingerprint density at radius 2 is 1.75 bits per heavy atom. The standard InChI is InChI=1S/C15H18O/c1-2-14(13-9-5-3-6-10-13)15(16)11-7-4-8-12-15/h3,5-6,9-10,16H,1,4,7-8,11-12H2. The van der Waals surface area contributed by atoms with Crippen LogP contribution in [0, 0.1) is 0 Å². The van der Waals surface area contributed by atoms with E-state index < -0.39 is 5.60 Å². The fraction of sp³-hybridized carbons (Fsp3) is 0.400. The maximum atomic E-state index is 10.6. The van der Waals surface area contributed by atoms with Gasteiger partial charge in [-0.1, -0.05) is 56.2 Å². The summed E-state index contributed by atoms with van der Waals surface area (Å²) in [6.07, 6.45) is 5.07. The third-order valence-corrected chi connectivity index (χ3v) is 3.39. The molecule has 1 aromatic rings. The van der Waals surface area contributed by atoms with Crippen LogP contribution in [0.2, 0.25) is 0 Å². The minimum absolute atomic E-state index is 0.707. The van der Waals surface area contributed by atoms with Crippen molar-refractivity contribution in [1.82, 2.24) is 0 Å². The van der Waals surface area contributed by atoms with Gasteiger partial charge in [0.05, 0.1) is 5.60 Å². The van der Waals surface area contributed by atoms with Gasteiger partial charge in [0.2, 0.25) is 0 Å². The van der Waals surface area contributed by atoms with Gasteiger partial charge in [0.1, 0.15) is 0 Å². The Labute approximate surface area is 97.1 Å². The third-order valence-electron chi connectivity index (χ3n) is 3.39. The Kier molecular flexibility index (Phi) is 3.28. The summed E-state index contributed by atoms with van der Waals surface area (Å²) in [5.74, 6) is 0. The van der Waals surface area contributed by atoms with Crippen molar-refractivity contribution in [2.75, 3.05) is 0 Å². The van der Waals surface area contributed by atoms with Crippen LogP contribution in [0.4, 0.5) is 0 Å². The third kappa shape index (κ3) is 2.11. The lowest BCUT2D eigenvalue weighted by Gasteiger charge is -2.33. The van der Waals surface area contributed by atoms with Gasteiger partial charge >= 0.3 is 0 Å². The fourth-order valence-corrected chi connectivity index (χ4v) is 2.53. The monoisotopic (exact) mass is 214 g/mol. The maximum absolute atomic E-state index is 10.6. The summed E-state index contributed by atoms with van der Waals surface area (Å²) in [6.45, 7) is 3.74. The van der Waals surface area contributed by atoms with Gasteiger partial charge in [-0.2, -0.15) is 0 Å². The van der Waals surface area contributed by atoms with Crippen LogP contribution in [0.25, 0.3) is 5.57 Å². The highest BCUT2D eigenvalue weighted by Crippen LogP contribution is 2.38. The number of rotatable bonds is 2. The van der Waals surface area contributed by atoms with E-state index in [0.717, 1.165) is 36.8 Å². The van der Waals surface area contributed by atoms with E-state index in [4.69, 9.17) is 0 Å². The van der Waals surface area contributed by atoms with Gasteiger partial charge in [0.25, 0.3) is 0 Å². The zero-order valence-corrected chi connectivity index (χ0v) is 9.58. The molecule has 2 rings (SSSR count). The summed E-state index contributed by atoms with van der Waals surface area (Å²) in [5, 5.41) is 10.6. The first kappa shape index (κ1) is 11.2. The Balaban J connectivity index is 2.33. The molecule has 1 saturated carbocycles. The van der Waals surface area contributed by atoms with Crippen LogP contribution < -0.4 is 0 Å². The maximum Gasteiger partial charge on any atom is 0.0973 e. The molecule has 1 aromatic carbocycles. The van der Waals surface area contributed by atoms with Crippen LogP contribution in [0.5, 0.6) is 0 Å². The van der Waals surface area contributed by atoms with Gasteiger partial charge in [-0.3, -0.25) is 0 Å². The second kappa shape index (κ2) is 4.69. The molecule has 0 unspecified atom stereocenters. The average molecular weight is 214 g/mol. The summed E-state index contributed by atoms with van der Waals surface area (Å²) >= 11 is 0. The molecule has 1 nitrogen and oxygen atoms in total. The molecule has 16 heavy (non-hydrogen) atoms. The average Bonchev–Trinajstić information content (AvgIpc) is 2.32. The summed E-state index contributed by atoms with van der Waals surface area (Å²) in [4.78, 5) is 0. The Morgan fingerprint density at radius 3 is 2.31 bits per heavy atom. The van der Waals surface area contributed by atoms with Crippen molar-refractivity contribution in [2.45, 2.75) is 37.7 Å². The Bertz CT molecular complexity index is 393. The van der Waals surface area contributed by atoms with Crippen molar-refractivity contribution in [2.24, 2.45) is 0 Å². The van der Waals surface area contributed by atoms with E-state index in [1.807, 2.05) is 30.3 Å². The highest BCUT2D eigenvalue weighted by molar-refractivity contribution is 5.71. The molecule has 1 aliphatic carbocycles. The SMILES string of the molecule is C=C=C(c1ccccc1)C1(O)CCCCC1. The molecular weight excluding hydrogens is 196 g/mol. The van der Waals surface area contributed by atoms with Crippen LogP contribution in [-0.2, 0) is 0 Å². The zero-order chi connectivity index (χ0) is 11.4. The van der Waals surface area contributed by atoms with Gasteiger partial charge in [-0.25, -0.2) is 0 Å². The fourth-order valence-electron chi connectivity index (χ4n) is 2.53. The molecule has 1 N–H and O–H groups in total. The van der Waals surface area contributed by atoms with Crippen LogP contribution in [-0.4, -0.2) is 10.7 Å². The second-order valence-electron chi connectivity index (χ2n) is 4.51. The molecule has 0 atom stereocenters. The van der Waals surface area contributed by atoms with Crippen LogP contribution in [0.3, 0.4) is 0 Å². The van der Waals surface area contributed by atoms with Gasteiger partial charge in [-0.05, 0) is 18.4 Å². The van der Waals surface area contributed by atoms with E-state index in [1.54, 1.807) is 0 Å². The van der Waals surface area contributed by atoms with Crippen LogP contribution in [0.1, 0.15) is 37.7 Å². The molecule has 0 saturated heterocycles. The molecule has 0 spiro atoms. The van der Waals surface area contributed by atoms with Crippen molar-refractivity contribution in [3.63, 3.8) is 0 Å². The predicted octanol–water partition coefficient (Wildman–Crippen LogP) is 3.55. The molecule has 0 aliphatic heterocycles. The van der Waals surface area contributed by atoms with Crippen molar-refractivity contribution in [1.29, 1.82) is 0 Å². The zero-order valence-electron chi connectivity index (χ0n) is 9.58. The second-order valence-corrected chi connectivity index (χ2v) is 4.51. The quantitative estimate of drug-likeness (QED) is 0.746. The van der Waals surface area contributed by atoms with E-state index in [-0.39, 0.29) is 0 Å². The normalized spacial score (nSPS) is 18.8. The minimum Gasteiger partial charge on any atom is -0.385 e. The summed E-state index contributed by atoms with van der Waals surface area (Å²) in [6, 6.07) is 9.98. The molecule has 0 bridgehead atoms. The topological polar surface area (TPSA) is 20.2 Å². The first-order valence-electron chi connectivity index (χ1n) is 5.94. The molecule has 84 valence electrons. The number of hydrogen-bond donors (Lipinski definition) is 1. The van der Waals surface area contributed by atoms with E-state index >= 15 is 0 Å². The molecule has 1 heteroatoms. The Morgan fingerprint density at radius 1 is 1.12 bits per heavy atom.